The number of halogens is 1. The number of rotatable bonds is 5. The SMILES string of the molecule is O=C1CCC(N2Cc3cc(F)c(CN(CC4CC5(CCC5)C4)C(=O)O)cc3C2=O)C(=O)N1. The van der Waals surface area contributed by atoms with Gasteiger partial charge >= 0.3 is 6.09 Å². The fraction of sp³-hybridized carbons (Fsp3) is 0.565. The molecule has 9 heteroatoms. The molecule has 170 valence electrons. The van der Waals surface area contributed by atoms with Gasteiger partial charge in [0.05, 0.1) is 6.54 Å². The molecule has 1 aromatic rings. The van der Waals surface area contributed by atoms with Crippen molar-refractivity contribution in [3.63, 3.8) is 0 Å². The minimum atomic E-state index is -1.10. The van der Waals surface area contributed by atoms with Crippen molar-refractivity contribution in [3.05, 3.63) is 34.6 Å². The van der Waals surface area contributed by atoms with Crippen LogP contribution >= 0.6 is 0 Å². The van der Waals surface area contributed by atoms with Gasteiger partial charge in [-0.25, -0.2) is 9.18 Å². The van der Waals surface area contributed by atoms with E-state index >= 15 is 0 Å². The van der Waals surface area contributed by atoms with Crippen molar-refractivity contribution < 1.29 is 28.7 Å². The maximum absolute atomic E-state index is 14.8. The zero-order chi connectivity index (χ0) is 22.6. The van der Waals surface area contributed by atoms with Crippen LogP contribution in [0, 0.1) is 17.2 Å². The number of fused-ring (bicyclic) bond motifs is 1. The number of nitrogens with one attached hydrogen (secondary N) is 1. The van der Waals surface area contributed by atoms with Gasteiger partial charge in [-0.2, -0.15) is 0 Å². The molecule has 32 heavy (non-hydrogen) atoms. The first-order valence-corrected chi connectivity index (χ1v) is 11.2. The molecule has 5 rings (SSSR count). The average Bonchev–Trinajstić information content (AvgIpc) is 2.97. The maximum atomic E-state index is 14.8. The molecule has 0 bridgehead atoms. The quantitative estimate of drug-likeness (QED) is 0.681. The van der Waals surface area contributed by atoms with Crippen molar-refractivity contribution in [2.75, 3.05) is 6.54 Å². The molecule has 1 spiro atoms. The second-order valence-corrected chi connectivity index (χ2v) is 9.79. The van der Waals surface area contributed by atoms with Gasteiger partial charge in [0.25, 0.3) is 5.91 Å². The number of hydrogen-bond acceptors (Lipinski definition) is 4. The Morgan fingerprint density at radius 1 is 1.25 bits per heavy atom. The van der Waals surface area contributed by atoms with Gasteiger partial charge in [-0.1, -0.05) is 6.42 Å². The smallest absolute Gasteiger partial charge is 0.407 e. The van der Waals surface area contributed by atoms with Crippen molar-refractivity contribution in [1.29, 1.82) is 0 Å². The summed E-state index contributed by atoms with van der Waals surface area (Å²) in [6.07, 6.45) is 5.03. The molecule has 4 aliphatic rings. The summed E-state index contributed by atoms with van der Waals surface area (Å²) >= 11 is 0. The van der Waals surface area contributed by atoms with E-state index in [1.54, 1.807) is 0 Å². The van der Waals surface area contributed by atoms with Crippen LogP contribution in [-0.2, 0) is 22.7 Å². The fourth-order valence-electron chi connectivity index (χ4n) is 5.86. The van der Waals surface area contributed by atoms with Crippen LogP contribution in [0.2, 0.25) is 0 Å². The first kappa shape index (κ1) is 20.9. The molecule has 2 aliphatic heterocycles. The van der Waals surface area contributed by atoms with Crippen molar-refractivity contribution in [3.8, 4) is 0 Å². The molecule has 3 fully saturated rings. The monoisotopic (exact) mass is 443 g/mol. The van der Waals surface area contributed by atoms with Gasteiger partial charge in [0, 0.05) is 30.6 Å². The summed E-state index contributed by atoms with van der Waals surface area (Å²) in [6.45, 7) is 0.331. The van der Waals surface area contributed by atoms with Crippen LogP contribution in [0.1, 0.15) is 66.4 Å². The van der Waals surface area contributed by atoms with Gasteiger partial charge < -0.3 is 14.9 Å². The van der Waals surface area contributed by atoms with Gasteiger partial charge in [0.2, 0.25) is 11.8 Å². The van der Waals surface area contributed by atoms with Crippen LogP contribution in [0.25, 0.3) is 0 Å². The van der Waals surface area contributed by atoms with Crippen LogP contribution in [0.5, 0.6) is 0 Å². The number of benzene rings is 1. The standard InChI is InChI=1S/C23H26FN3O5/c24-17-7-14-12-27(18-2-3-19(28)25-20(18)29)21(30)16(14)6-15(17)11-26(22(31)32)10-13-8-23(9-13)4-1-5-23/h6-7,13,18H,1-5,8-12H2,(H,31,32)(H,25,28,29). The van der Waals surface area contributed by atoms with Crippen molar-refractivity contribution in [2.45, 2.75) is 64.1 Å². The number of amides is 4. The Kier molecular flexibility index (Phi) is 4.94. The van der Waals surface area contributed by atoms with Gasteiger partial charge in [0.1, 0.15) is 11.9 Å². The van der Waals surface area contributed by atoms with E-state index in [2.05, 4.69) is 5.32 Å². The lowest BCUT2D eigenvalue weighted by molar-refractivity contribution is -0.136. The highest BCUT2D eigenvalue weighted by Gasteiger charge is 2.48. The molecule has 1 saturated heterocycles. The summed E-state index contributed by atoms with van der Waals surface area (Å²) in [4.78, 5) is 50.9. The summed E-state index contributed by atoms with van der Waals surface area (Å²) in [5.41, 5.74) is 1.34. The van der Waals surface area contributed by atoms with Crippen LogP contribution < -0.4 is 5.32 Å². The van der Waals surface area contributed by atoms with E-state index < -0.39 is 29.8 Å². The molecule has 8 nitrogen and oxygen atoms in total. The number of imide groups is 1. The van der Waals surface area contributed by atoms with E-state index in [1.807, 2.05) is 0 Å². The van der Waals surface area contributed by atoms with E-state index in [0.29, 0.717) is 23.4 Å². The molecular weight excluding hydrogens is 417 g/mol. The topological polar surface area (TPSA) is 107 Å². The average molecular weight is 443 g/mol. The van der Waals surface area contributed by atoms with Crippen LogP contribution in [-0.4, -0.2) is 51.3 Å². The fourth-order valence-corrected chi connectivity index (χ4v) is 5.86. The summed E-state index contributed by atoms with van der Waals surface area (Å²) in [6, 6.07) is 1.91. The predicted octanol–water partition coefficient (Wildman–Crippen LogP) is 2.65. The highest BCUT2D eigenvalue weighted by atomic mass is 19.1. The molecule has 2 heterocycles. The van der Waals surface area contributed by atoms with Crippen molar-refractivity contribution in [2.24, 2.45) is 11.3 Å². The van der Waals surface area contributed by atoms with Gasteiger partial charge in [-0.05, 0) is 61.1 Å². The van der Waals surface area contributed by atoms with E-state index in [0.717, 1.165) is 12.8 Å². The van der Waals surface area contributed by atoms with E-state index in [9.17, 15) is 28.7 Å². The minimum absolute atomic E-state index is 0.0877. The Bertz CT molecular complexity index is 1010. The third-order valence-electron chi connectivity index (χ3n) is 7.66. The zero-order valence-electron chi connectivity index (χ0n) is 17.7. The predicted molar refractivity (Wildman–Crippen MR) is 110 cm³/mol. The van der Waals surface area contributed by atoms with Crippen LogP contribution in [0.4, 0.5) is 9.18 Å². The number of carbonyl (C=O) groups is 4. The van der Waals surface area contributed by atoms with Crippen LogP contribution in [0.15, 0.2) is 12.1 Å². The molecule has 1 atom stereocenters. The molecule has 0 radical (unpaired) electrons. The Balaban J connectivity index is 1.30. The second kappa shape index (κ2) is 7.56. The first-order valence-electron chi connectivity index (χ1n) is 11.2. The Morgan fingerprint density at radius 2 is 2.00 bits per heavy atom. The first-order chi connectivity index (χ1) is 15.2. The molecule has 0 aromatic heterocycles. The molecule has 1 aromatic carbocycles. The molecule has 1 unspecified atom stereocenters. The molecule has 2 saturated carbocycles. The molecule has 2 N–H and O–H groups in total. The summed E-state index contributed by atoms with van der Waals surface area (Å²) in [5, 5.41) is 11.9. The van der Waals surface area contributed by atoms with E-state index in [-0.39, 0.29) is 43.0 Å². The van der Waals surface area contributed by atoms with Crippen LogP contribution in [0.3, 0.4) is 0 Å². The molecular formula is C23H26FN3O5. The zero-order valence-corrected chi connectivity index (χ0v) is 17.7. The van der Waals surface area contributed by atoms with E-state index in [4.69, 9.17) is 0 Å². The van der Waals surface area contributed by atoms with E-state index in [1.165, 1.54) is 41.2 Å². The van der Waals surface area contributed by atoms with Gasteiger partial charge in [-0.15, -0.1) is 0 Å². The number of nitrogens with zero attached hydrogens (tertiary/aromatic N) is 2. The summed E-state index contributed by atoms with van der Waals surface area (Å²) in [5.74, 6) is -1.55. The lowest BCUT2D eigenvalue weighted by Gasteiger charge is -2.55. The summed E-state index contributed by atoms with van der Waals surface area (Å²) in [7, 11) is 0. The lowest BCUT2D eigenvalue weighted by Crippen LogP contribution is -2.52. The number of carbonyl (C=O) groups excluding carboxylic acids is 3. The molecule has 4 amide bonds. The highest BCUT2D eigenvalue weighted by Crippen LogP contribution is 2.58. The Hall–Kier alpha value is -2.97. The Labute approximate surface area is 184 Å². The largest absolute Gasteiger partial charge is 0.465 e. The van der Waals surface area contributed by atoms with Gasteiger partial charge in [0.15, 0.2) is 0 Å². The number of carboxylic acid groups (broad SMARTS) is 1. The third-order valence-corrected chi connectivity index (χ3v) is 7.66. The Morgan fingerprint density at radius 3 is 2.62 bits per heavy atom. The minimum Gasteiger partial charge on any atom is -0.465 e. The van der Waals surface area contributed by atoms with Crippen molar-refractivity contribution >= 4 is 23.8 Å². The second-order valence-electron chi connectivity index (χ2n) is 9.79. The number of hydrogen-bond donors (Lipinski definition) is 2. The summed E-state index contributed by atoms with van der Waals surface area (Å²) < 4.78 is 14.8. The molecule has 2 aliphatic carbocycles. The normalized spacial score (nSPS) is 24.1. The maximum Gasteiger partial charge on any atom is 0.407 e. The highest BCUT2D eigenvalue weighted by molar-refractivity contribution is 6.05. The third kappa shape index (κ3) is 3.53. The van der Waals surface area contributed by atoms with Gasteiger partial charge in [-0.3, -0.25) is 19.7 Å². The lowest BCUT2D eigenvalue weighted by atomic mass is 9.52. The van der Waals surface area contributed by atoms with Crippen molar-refractivity contribution in [1.82, 2.24) is 15.1 Å². The number of piperidine rings is 1.